The van der Waals surface area contributed by atoms with Crippen molar-refractivity contribution in [1.29, 1.82) is 5.41 Å². The maximum Gasteiger partial charge on any atom is 0.141 e. The van der Waals surface area contributed by atoms with E-state index in [0.717, 1.165) is 18.6 Å². The topological polar surface area (TPSA) is 72.0 Å². The van der Waals surface area contributed by atoms with Gasteiger partial charge in [-0.1, -0.05) is 6.42 Å². The lowest BCUT2D eigenvalue weighted by Gasteiger charge is -2.22. The summed E-state index contributed by atoms with van der Waals surface area (Å²) >= 11 is 0. The normalized spacial score (nSPS) is 17.0. The molecule has 16 heavy (non-hydrogen) atoms. The summed E-state index contributed by atoms with van der Waals surface area (Å²) in [6.07, 6.45) is 8.07. The van der Waals surface area contributed by atoms with E-state index in [4.69, 9.17) is 15.9 Å². The van der Waals surface area contributed by atoms with Gasteiger partial charge < -0.3 is 10.5 Å². The fourth-order valence-corrected chi connectivity index (χ4v) is 1.98. The molecule has 4 nitrogen and oxygen atoms in total. The molecule has 1 aliphatic rings. The molecule has 1 heterocycles. The summed E-state index contributed by atoms with van der Waals surface area (Å²) in [5.74, 6) is 0.765. The summed E-state index contributed by atoms with van der Waals surface area (Å²) < 4.78 is 5.82. The molecular weight excluding hydrogens is 202 g/mol. The fraction of sp³-hybridized carbons (Fsp3) is 0.500. The molecule has 2 rings (SSSR count). The van der Waals surface area contributed by atoms with Crippen LogP contribution in [-0.4, -0.2) is 16.9 Å². The number of rotatable bonds is 3. The van der Waals surface area contributed by atoms with Gasteiger partial charge in [-0.2, -0.15) is 0 Å². The number of nitrogens with two attached hydrogens (primary N) is 1. The number of nitrogens with zero attached hydrogens (tertiary/aromatic N) is 1. The quantitative estimate of drug-likeness (QED) is 0.604. The lowest BCUT2D eigenvalue weighted by Crippen LogP contribution is -2.20. The highest BCUT2D eigenvalue weighted by Gasteiger charge is 2.14. The van der Waals surface area contributed by atoms with E-state index in [-0.39, 0.29) is 5.84 Å². The molecule has 0 aromatic carbocycles. The van der Waals surface area contributed by atoms with E-state index >= 15 is 0 Å². The Bertz CT molecular complexity index is 355. The van der Waals surface area contributed by atoms with Gasteiger partial charge in [0.05, 0.1) is 12.3 Å². The monoisotopic (exact) mass is 219 g/mol. The molecule has 1 aromatic rings. The lowest BCUT2D eigenvalue weighted by molar-refractivity contribution is 0.154. The van der Waals surface area contributed by atoms with E-state index in [0.29, 0.717) is 11.8 Å². The fourth-order valence-electron chi connectivity index (χ4n) is 1.98. The second-order valence-electron chi connectivity index (χ2n) is 4.17. The van der Waals surface area contributed by atoms with Crippen LogP contribution in [-0.2, 0) is 0 Å². The Hall–Kier alpha value is -1.58. The Kier molecular flexibility index (Phi) is 3.39. The second kappa shape index (κ2) is 4.96. The van der Waals surface area contributed by atoms with Crippen molar-refractivity contribution in [1.82, 2.24) is 4.98 Å². The zero-order chi connectivity index (χ0) is 11.4. The Morgan fingerprint density at radius 2 is 2.06 bits per heavy atom. The van der Waals surface area contributed by atoms with Crippen LogP contribution in [0.3, 0.4) is 0 Å². The minimum atomic E-state index is -0.00998. The number of hydrogen-bond acceptors (Lipinski definition) is 3. The van der Waals surface area contributed by atoms with Crippen LogP contribution in [0.5, 0.6) is 5.75 Å². The molecule has 4 heteroatoms. The van der Waals surface area contributed by atoms with Gasteiger partial charge in [0.2, 0.25) is 0 Å². The van der Waals surface area contributed by atoms with Crippen molar-refractivity contribution in [3.8, 4) is 5.75 Å². The molecule has 0 amide bonds. The summed E-state index contributed by atoms with van der Waals surface area (Å²) in [6, 6.07) is 3.55. The standard InChI is InChI=1S/C12H17N3O/c13-12(14)11-7-6-10(8-15-11)16-9-4-2-1-3-5-9/h6-9H,1-5H2,(H3,13,14). The zero-order valence-electron chi connectivity index (χ0n) is 9.28. The number of amidine groups is 1. The van der Waals surface area contributed by atoms with Gasteiger partial charge in [-0.15, -0.1) is 0 Å². The molecule has 3 N–H and O–H groups in total. The van der Waals surface area contributed by atoms with Gasteiger partial charge in [-0.25, -0.2) is 4.98 Å². The molecule has 0 saturated heterocycles. The van der Waals surface area contributed by atoms with Crippen molar-refractivity contribution in [3.05, 3.63) is 24.0 Å². The molecule has 0 spiro atoms. The highest BCUT2D eigenvalue weighted by atomic mass is 16.5. The van der Waals surface area contributed by atoms with Crippen molar-refractivity contribution in [2.75, 3.05) is 0 Å². The van der Waals surface area contributed by atoms with Gasteiger partial charge in [-0.05, 0) is 37.8 Å². The molecule has 0 unspecified atom stereocenters. The van der Waals surface area contributed by atoms with Crippen LogP contribution in [0.2, 0.25) is 0 Å². The summed E-state index contributed by atoms with van der Waals surface area (Å²) in [5.41, 5.74) is 5.82. The Morgan fingerprint density at radius 1 is 1.31 bits per heavy atom. The first-order chi connectivity index (χ1) is 7.75. The molecule has 1 saturated carbocycles. The Balaban J connectivity index is 1.96. The smallest absolute Gasteiger partial charge is 0.141 e. The Labute approximate surface area is 95.3 Å². The van der Waals surface area contributed by atoms with Crippen LogP contribution in [0.25, 0.3) is 0 Å². The number of pyridine rings is 1. The third kappa shape index (κ3) is 2.72. The molecule has 1 fully saturated rings. The SMILES string of the molecule is N=C(N)c1ccc(OC2CCCCC2)cn1. The number of aromatic nitrogens is 1. The molecule has 86 valence electrons. The molecule has 0 bridgehead atoms. The average Bonchev–Trinajstić information content (AvgIpc) is 2.31. The highest BCUT2D eigenvalue weighted by molar-refractivity contribution is 5.92. The molecular formula is C12H17N3O. The largest absolute Gasteiger partial charge is 0.489 e. The molecule has 1 aromatic heterocycles. The van der Waals surface area contributed by atoms with Gasteiger partial charge in [0.15, 0.2) is 0 Å². The van der Waals surface area contributed by atoms with Crippen molar-refractivity contribution in [3.63, 3.8) is 0 Å². The second-order valence-corrected chi connectivity index (χ2v) is 4.17. The zero-order valence-corrected chi connectivity index (χ0v) is 9.28. The van der Waals surface area contributed by atoms with Crippen LogP contribution in [0, 0.1) is 5.41 Å². The van der Waals surface area contributed by atoms with Crippen LogP contribution in [0.15, 0.2) is 18.3 Å². The number of hydrogen-bond donors (Lipinski definition) is 2. The van der Waals surface area contributed by atoms with Gasteiger partial charge in [0.25, 0.3) is 0 Å². The van der Waals surface area contributed by atoms with E-state index in [1.807, 2.05) is 6.07 Å². The van der Waals surface area contributed by atoms with Crippen molar-refractivity contribution >= 4 is 5.84 Å². The van der Waals surface area contributed by atoms with Crippen LogP contribution < -0.4 is 10.5 Å². The average molecular weight is 219 g/mol. The summed E-state index contributed by atoms with van der Waals surface area (Å²) in [6.45, 7) is 0. The predicted octanol–water partition coefficient (Wildman–Crippen LogP) is 2.08. The third-order valence-corrected chi connectivity index (χ3v) is 2.87. The van der Waals surface area contributed by atoms with E-state index < -0.39 is 0 Å². The Morgan fingerprint density at radius 3 is 2.62 bits per heavy atom. The number of nitrogen functional groups attached to an aromatic ring is 1. The van der Waals surface area contributed by atoms with Crippen LogP contribution in [0.1, 0.15) is 37.8 Å². The minimum absolute atomic E-state index is 0.00998. The molecule has 1 aliphatic carbocycles. The van der Waals surface area contributed by atoms with Crippen molar-refractivity contribution in [2.24, 2.45) is 5.73 Å². The van der Waals surface area contributed by atoms with E-state index in [2.05, 4.69) is 4.98 Å². The highest BCUT2D eigenvalue weighted by Crippen LogP contribution is 2.22. The van der Waals surface area contributed by atoms with Crippen LogP contribution in [0.4, 0.5) is 0 Å². The molecule has 0 atom stereocenters. The summed E-state index contributed by atoms with van der Waals surface area (Å²) in [7, 11) is 0. The maximum atomic E-state index is 7.23. The first-order valence-corrected chi connectivity index (χ1v) is 5.73. The van der Waals surface area contributed by atoms with E-state index in [1.54, 1.807) is 12.3 Å². The molecule has 0 aliphatic heterocycles. The summed E-state index contributed by atoms with van der Waals surface area (Å²) in [4.78, 5) is 4.07. The first kappa shape index (κ1) is 10.9. The summed E-state index contributed by atoms with van der Waals surface area (Å²) in [5, 5.41) is 7.23. The van der Waals surface area contributed by atoms with Crippen LogP contribution >= 0.6 is 0 Å². The molecule has 0 radical (unpaired) electrons. The van der Waals surface area contributed by atoms with Gasteiger partial charge in [0, 0.05) is 0 Å². The van der Waals surface area contributed by atoms with Crippen molar-refractivity contribution < 1.29 is 4.74 Å². The van der Waals surface area contributed by atoms with Gasteiger partial charge in [-0.3, -0.25) is 5.41 Å². The van der Waals surface area contributed by atoms with Gasteiger partial charge >= 0.3 is 0 Å². The lowest BCUT2D eigenvalue weighted by atomic mass is 9.98. The number of ether oxygens (including phenoxy) is 1. The minimum Gasteiger partial charge on any atom is -0.489 e. The van der Waals surface area contributed by atoms with Gasteiger partial charge in [0.1, 0.15) is 17.3 Å². The maximum absolute atomic E-state index is 7.23. The van der Waals surface area contributed by atoms with E-state index in [1.165, 1.54) is 19.3 Å². The van der Waals surface area contributed by atoms with Crippen molar-refractivity contribution in [2.45, 2.75) is 38.2 Å². The third-order valence-electron chi connectivity index (χ3n) is 2.87. The predicted molar refractivity (Wildman–Crippen MR) is 62.8 cm³/mol. The number of nitrogens with one attached hydrogen (secondary N) is 1. The first-order valence-electron chi connectivity index (χ1n) is 5.73. The van der Waals surface area contributed by atoms with E-state index in [9.17, 15) is 0 Å².